The van der Waals surface area contributed by atoms with E-state index in [4.69, 9.17) is 22.1 Å². The normalized spacial score (nSPS) is 13.3. The first-order valence-corrected chi connectivity index (χ1v) is 13.0. The van der Waals surface area contributed by atoms with Crippen molar-refractivity contribution in [2.24, 2.45) is 0 Å². The van der Waals surface area contributed by atoms with E-state index in [1.54, 1.807) is 6.92 Å². The lowest BCUT2D eigenvalue weighted by molar-refractivity contribution is -0.137. The summed E-state index contributed by atoms with van der Waals surface area (Å²) in [7, 11) is 0. The minimum Gasteiger partial charge on any atom is -0.493 e. The molecule has 0 aromatic heterocycles. The second-order valence-corrected chi connectivity index (χ2v) is 10.9. The fraction of sp³-hybridized carbons (Fsp3) is 0.640. The summed E-state index contributed by atoms with van der Waals surface area (Å²) in [4.78, 5) is 10.9. The lowest BCUT2D eigenvalue weighted by Gasteiger charge is -2.24. The maximum Gasteiger partial charge on any atom is 0.303 e. The van der Waals surface area contributed by atoms with E-state index in [1.165, 1.54) is 57.8 Å². The number of hydrogen-bond donors (Lipinski definition) is 1. The highest BCUT2D eigenvalue weighted by atomic mass is 32.2. The molecule has 0 bridgehead atoms. The summed E-state index contributed by atoms with van der Waals surface area (Å²) >= 11 is 5.68. The number of carbonyl (C=O) groups is 1. The Bertz CT molecular complexity index is 717. The molecule has 174 valence electrons. The van der Waals surface area contributed by atoms with E-state index in [-0.39, 0.29) is 18.2 Å². The van der Waals surface area contributed by atoms with Gasteiger partial charge in [0, 0.05) is 12.0 Å². The van der Waals surface area contributed by atoms with Crippen LogP contribution in [0.4, 0.5) is 0 Å². The molecule has 0 fully saturated rings. The Morgan fingerprint density at radius 2 is 1.68 bits per heavy atom. The molecule has 1 unspecified atom stereocenters. The smallest absolute Gasteiger partial charge is 0.303 e. The number of nitrogens with zero attached hydrogens (tertiary/aromatic N) is 1. The van der Waals surface area contributed by atoms with Gasteiger partial charge in [-0.3, -0.25) is 4.79 Å². The second kappa shape index (κ2) is 16.1. The molecule has 6 heteroatoms. The zero-order chi connectivity index (χ0) is 23.0. The van der Waals surface area contributed by atoms with Gasteiger partial charge in [0.1, 0.15) is 5.75 Å². The fourth-order valence-corrected chi connectivity index (χ4v) is 5.37. The molecule has 0 amide bonds. The highest BCUT2D eigenvalue weighted by Gasteiger charge is 2.26. The number of benzene rings is 1. The third kappa shape index (κ3) is 12.1. The van der Waals surface area contributed by atoms with Gasteiger partial charge in [0.2, 0.25) is 0 Å². The van der Waals surface area contributed by atoms with Gasteiger partial charge in [0.05, 0.1) is 21.6 Å². The molecule has 4 nitrogen and oxygen atoms in total. The zero-order valence-electron chi connectivity index (χ0n) is 19.1. The number of hydrogen-bond acceptors (Lipinski definition) is 4. The van der Waals surface area contributed by atoms with Gasteiger partial charge >= 0.3 is 5.97 Å². The Kier molecular flexibility index (Phi) is 14.3. The van der Waals surface area contributed by atoms with Gasteiger partial charge in [0.15, 0.2) is 0 Å². The molecular weight excluding hydrogens is 426 g/mol. The number of carboxylic acids is 1. The van der Waals surface area contributed by atoms with Crippen molar-refractivity contribution >= 4 is 34.1 Å². The first-order valence-electron chi connectivity index (χ1n) is 11.6. The topological polar surface area (TPSA) is 70.3 Å². The van der Waals surface area contributed by atoms with Crippen molar-refractivity contribution in [3.05, 3.63) is 29.8 Å². The molecule has 0 saturated carbocycles. The van der Waals surface area contributed by atoms with Crippen LogP contribution in [-0.4, -0.2) is 26.6 Å². The zero-order valence-corrected chi connectivity index (χ0v) is 20.9. The van der Waals surface area contributed by atoms with Crippen LogP contribution >= 0.6 is 24.0 Å². The van der Waals surface area contributed by atoms with E-state index < -0.39 is 10.7 Å². The van der Waals surface area contributed by atoms with Gasteiger partial charge < -0.3 is 9.84 Å². The largest absolute Gasteiger partial charge is 0.493 e. The van der Waals surface area contributed by atoms with Crippen molar-refractivity contribution in [3.8, 4) is 11.8 Å². The van der Waals surface area contributed by atoms with Crippen LogP contribution in [0.3, 0.4) is 0 Å². The van der Waals surface area contributed by atoms with Crippen LogP contribution in [-0.2, 0) is 4.79 Å². The molecule has 0 spiro atoms. The van der Waals surface area contributed by atoms with E-state index in [0.717, 1.165) is 17.7 Å². The first kappa shape index (κ1) is 27.5. The predicted octanol–water partition coefficient (Wildman–Crippen LogP) is 7.01. The maximum absolute atomic E-state index is 10.9. The number of ether oxygens (including phenoxy) is 1. The molecule has 31 heavy (non-hydrogen) atoms. The summed E-state index contributed by atoms with van der Waals surface area (Å²) in [5.74, 6) is -0.133. The van der Waals surface area contributed by atoms with Crippen molar-refractivity contribution in [1.82, 2.24) is 0 Å². The number of rotatable bonds is 17. The minimum absolute atomic E-state index is 0.0312. The van der Waals surface area contributed by atoms with Crippen LogP contribution in [0.1, 0.15) is 96.5 Å². The van der Waals surface area contributed by atoms with Gasteiger partial charge in [-0.2, -0.15) is 5.26 Å². The standard InChI is InChI=1S/C25H39NO3S2/c1-3-4-5-6-7-8-9-10-11-14-19-29-22-16-13-12-15-21(22)24(30)31-25(2,20-26)18-17-23(27)28/h12-13,15-16H,3-11,14,17-19,31H2,1-2H3,(H,27,28). The lowest BCUT2D eigenvalue weighted by Crippen LogP contribution is -2.21. The van der Waals surface area contributed by atoms with Crippen LogP contribution < -0.4 is 4.74 Å². The van der Waals surface area contributed by atoms with E-state index >= 15 is 0 Å². The molecule has 1 aromatic rings. The van der Waals surface area contributed by atoms with Gasteiger partial charge in [-0.05, 0) is 31.9 Å². The average Bonchev–Trinajstić information content (AvgIpc) is 2.76. The van der Waals surface area contributed by atoms with E-state index in [1.807, 2.05) is 24.3 Å². The number of nitriles is 1. The summed E-state index contributed by atoms with van der Waals surface area (Å²) in [5, 5.41) is 18.5. The lowest BCUT2D eigenvalue weighted by atomic mass is 10.1. The van der Waals surface area contributed by atoms with Crippen LogP contribution in [0.25, 0.3) is 0 Å². The Balaban J connectivity index is 2.40. The van der Waals surface area contributed by atoms with Crippen molar-refractivity contribution in [2.75, 3.05) is 6.61 Å². The third-order valence-corrected chi connectivity index (χ3v) is 7.30. The molecule has 0 heterocycles. The Hall–Kier alpha value is -1.58. The monoisotopic (exact) mass is 465 g/mol. The first-order chi connectivity index (χ1) is 14.9. The molecule has 1 atom stereocenters. The van der Waals surface area contributed by atoms with E-state index in [0.29, 0.717) is 17.2 Å². The van der Waals surface area contributed by atoms with Crippen LogP contribution in [0, 0.1) is 11.3 Å². The summed E-state index contributed by atoms with van der Waals surface area (Å²) in [6.07, 6.45) is 13.1. The molecule has 1 aromatic carbocycles. The predicted molar refractivity (Wildman–Crippen MR) is 137 cm³/mol. The Morgan fingerprint density at radius 3 is 2.26 bits per heavy atom. The van der Waals surface area contributed by atoms with Crippen LogP contribution in [0.15, 0.2) is 24.3 Å². The molecule has 1 N–H and O–H groups in total. The highest BCUT2D eigenvalue weighted by molar-refractivity contribution is 8.24. The average molecular weight is 466 g/mol. The maximum atomic E-state index is 10.9. The summed E-state index contributed by atoms with van der Waals surface area (Å²) in [5.41, 5.74) is 0.847. The number of para-hydroxylation sites is 1. The van der Waals surface area contributed by atoms with Crippen molar-refractivity contribution in [1.29, 1.82) is 5.26 Å². The van der Waals surface area contributed by atoms with E-state index in [9.17, 15) is 10.1 Å². The molecule has 0 aliphatic carbocycles. The Morgan fingerprint density at radius 1 is 1.10 bits per heavy atom. The minimum atomic E-state index is -0.891. The van der Waals surface area contributed by atoms with Crippen LogP contribution in [0.5, 0.6) is 5.75 Å². The quantitative estimate of drug-likeness (QED) is 0.198. The number of carboxylic acid groups (broad SMARTS) is 1. The number of unbranched alkanes of at least 4 members (excludes halogenated alkanes) is 9. The summed E-state index contributed by atoms with van der Waals surface area (Å²) < 4.78 is 5.93. The summed E-state index contributed by atoms with van der Waals surface area (Å²) in [6, 6.07) is 9.96. The third-order valence-electron chi connectivity index (χ3n) is 5.36. The van der Waals surface area contributed by atoms with Crippen molar-refractivity contribution in [3.63, 3.8) is 0 Å². The number of aliphatic carboxylic acids is 1. The second-order valence-electron chi connectivity index (χ2n) is 8.32. The van der Waals surface area contributed by atoms with Gasteiger partial charge in [-0.25, -0.2) is 11.8 Å². The van der Waals surface area contributed by atoms with Gasteiger partial charge in [0.25, 0.3) is 0 Å². The molecule has 0 aliphatic rings. The molecule has 0 radical (unpaired) electrons. The van der Waals surface area contributed by atoms with Crippen molar-refractivity contribution < 1.29 is 14.6 Å². The van der Waals surface area contributed by atoms with Crippen LogP contribution in [0.2, 0.25) is 0 Å². The fourth-order valence-electron chi connectivity index (χ4n) is 3.37. The molecule has 0 saturated heterocycles. The SMILES string of the molecule is CCCCCCCCCCCCOc1ccccc1C(=S)[SH2]C(C)(C#N)CCC(=O)O. The van der Waals surface area contributed by atoms with Gasteiger partial charge in [-0.1, -0.05) is 89.1 Å². The van der Waals surface area contributed by atoms with Gasteiger partial charge in [-0.15, -0.1) is 0 Å². The summed E-state index contributed by atoms with van der Waals surface area (Å²) in [6.45, 7) is 4.70. The van der Waals surface area contributed by atoms with Crippen molar-refractivity contribution in [2.45, 2.75) is 95.6 Å². The molecule has 0 aliphatic heterocycles. The Labute approximate surface area is 197 Å². The van der Waals surface area contributed by atoms with E-state index in [2.05, 4.69) is 13.0 Å². The molecule has 1 rings (SSSR count). The molecular formula is C25H39NO3S2. The highest BCUT2D eigenvalue weighted by Crippen LogP contribution is 2.35. The number of thiocarbonyl (C=S) groups is 1.